The van der Waals surface area contributed by atoms with Gasteiger partial charge in [0, 0.05) is 48.0 Å². The highest BCUT2D eigenvalue weighted by Crippen LogP contribution is 2.40. The lowest BCUT2D eigenvalue weighted by Gasteiger charge is -2.36. The molecule has 5 rings (SSSR count). The molecule has 2 aromatic carbocycles. The van der Waals surface area contributed by atoms with Crippen molar-refractivity contribution in [2.75, 3.05) is 41.7 Å². The highest BCUT2D eigenvalue weighted by atomic mass is 35.5. The van der Waals surface area contributed by atoms with Gasteiger partial charge in [-0.3, -0.25) is 9.59 Å². The molecule has 0 aliphatic carbocycles. The van der Waals surface area contributed by atoms with Crippen molar-refractivity contribution in [3.63, 3.8) is 0 Å². The van der Waals surface area contributed by atoms with Crippen molar-refractivity contribution in [1.29, 1.82) is 0 Å². The Kier molecular flexibility index (Phi) is 7.17. The molecule has 2 N–H and O–H groups in total. The molecule has 3 heterocycles. The summed E-state index contributed by atoms with van der Waals surface area (Å²) in [6.07, 6.45) is 2.05. The van der Waals surface area contributed by atoms with Crippen LogP contribution in [-0.4, -0.2) is 53.1 Å². The maximum absolute atomic E-state index is 14.2. The maximum atomic E-state index is 14.2. The van der Waals surface area contributed by atoms with Gasteiger partial charge in [-0.2, -0.15) is 0 Å². The van der Waals surface area contributed by atoms with Gasteiger partial charge < -0.3 is 20.4 Å². The first kappa shape index (κ1) is 25.2. The SMILES string of the molecule is CC(c1c(Cl)ccc(F)c1Cl)N1CCNc2nnc(C(=O)Nc3ccc(C(=O)N4CCCC4)cc3)cc21. The Bertz CT molecular complexity index is 1350. The monoisotopic (exact) mass is 542 g/mol. The molecule has 2 aliphatic heterocycles. The molecule has 0 spiro atoms. The van der Waals surface area contributed by atoms with Crippen LogP contribution < -0.4 is 15.5 Å². The van der Waals surface area contributed by atoms with Gasteiger partial charge in [-0.25, -0.2) is 4.39 Å². The molecule has 37 heavy (non-hydrogen) atoms. The Labute approximate surface area is 223 Å². The molecule has 1 aromatic heterocycles. The summed E-state index contributed by atoms with van der Waals surface area (Å²) in [6, 6.07) is 10.7. The molecule has 0 radical (unpaired) electrons. The molecule has 0 bridgehead atoms. The molecule has 8 nitrogen and oxygen atoms in total. The Hall–Kier alpha value is -3.43. The van der Waals surface area contributed by atoms with Crippen LogP contribution in [0.4, 0.5) is 21.6 Å². The molecule has 11 heteroatoms. The molecule has 3 aromatic rings. The second-order valence-electron chi connectivity index (χ2n) is 9.05. The van der Waals surface area contributed by atoms with Gasteiger partial charge >= 0.3 is 0 Å². The predicted octanol–water partition coefficient (Wildman–Crippen LogP) is 5.40. The molecule has 1 atom stereocenters. The quantitative estimate of drug-likeness (QED) is 0.419. The molecule has 192 valence electrons. The van der Waals surface area contributed by atoms with Crippen molar-refractivity contribution in [3.05, 3.63) is 75.1 Å². The second kappa shape index (κ2) is 10.5. The summed E-state index contributed by atoms with van der Waals surface area (Å²) in [4.78, 5) is 29.4. The van der Waals surface area contributed by atoms with Gasteiger partial charge in [0.25, 0.3) is 11.8 Å². The number of carbonyl (C=O) groups excluding carboxylic acids is 2. The number of nitrogens with one attached hydrogen (secondary N) is 2. The van der Waals surface area contributed by atoms with E-state index in [1.165, 1.54) is 12.1 Å². The van der Waals surface area contributed by atoms with Crippen LogP contribution >= 0.6 is 23.2 Å². The minimum absolute atomic E-state index is 0.00357. The van der Waals surface area contributed by atoms with Crippen molar-refractivity contribution in [2.45, 2.75) is 25.8 Å². The van der Waals surface area contributed by atoms with E-state index in [0.717, 1.165) is 25.9 Å². The lowest BCUT2D eigenvalue weighted by Crippen LogP contribution is -2.37. The Morgan fingerprint density at radius 3 is 2.51 bits per heavy atom. The summed E-state index contributed by atoms with van der Waals surface area (Å²) >= 11 is 12.6. The zero-order chi connectivity index (χ0) is 26.1. The number of aromatic nitrogens is 2. The molecular weight excluding hydrogens is 518 g/mol. The van der Waals surface area contributed by atoms with Gasteiger partial charge in [0.15, 0.2) is 11.5 Å². The Morgan fingerprint density at radius 2 is 1.78 bits per heavy atom. The molecule has 1 saturated heterocycles. The molecular formula is C26H25Cl2FN6O2. The van der Waals surface area contributed by atoms with E-state index in [-0.39, 0.29) is 16.6 Å². The minimum Gasteiger partial charge on any atom is -0.365 e. The molecule has 2 amide bonds. The van der Waals surface area contributed by atoms with E-state index in [0.29, 0.717) is 46.4 Å². The molecule has 1 fully saturated rings. The fraction of sp³-hybridized carbons (Fsp3) is 0.308. The van der Waals surface area contributed by atoms with Crippen LogP contribution in [0.25, 0.3) is 0 Å². The summed E-state index contributed by atoms with van der Waals surface area (Å²) in [7, 11) is 0. The average molecular weight is 543 g/mol. The van der Waals surface area contributed by atoms with Crippen LogP contribution in [0.15, 0.2) is 42.5 Å². The van der Waals surface area contributed by atoms with Gasteiger partial charge in [-0.05, 0) is 62.2 Å². The zero-order valence-electron chi connectivity index (χ0n) is 20.1. The smallest absolute Gasteiger partial charge is 0.276 e. The van der Waals surface area contributed by atoms with Crippen molar-refractivity contribution >= 4 is 52.2 Å². The van der Waals surface area contributed by atoms with Gasteiger partial charge in [-0.15, -0.1) is 10.2 Å². The van der Waals surface area contributed by atoms with E-state index in [4.69, 9.17) is 23.2 Å². The number of benzene rings is 2. The van der Waals surface area contributed by atoms with Crippen LogP contribution in [0.5, 0.6) is 0 Å². The van der Waals surface area contributed by atoms with Crippen molar-refractivity contribution in [1.82, 2.24) is 15.1 Å². The van der Waals surface area contributed by atoms with Crippen LogP contribution in [-0.2, 0) is 0 Å². The Balaban J connectivity index is 1.35. The maximum Gasteiger partial charge on any atom is 0.276 e. The van der Waals surface area contributed by atoms with E-state index in [1.807, 2.05) is 16.7 Å². The van der Waals surface area contributed by atoms with Crippen LogP contribution in [0.2, 0.25) is 10.0 Å². The number of nitrogens with zero attached hydrogens (tertiary/aromatic N) is 4. The number of halogens is 3. The molecule has 1 unspecified atom stereocenters. The fourth-order valence-electron chi connectivity index (χ4n) is 4.73. The summed E-state index contributed by atoms with van der Waals surface area (Å²) in [5, 5.41) is 14.6. The number of rotatable bonds is 5. The van der Waals surface area contributed by atoms with Crippen LogP contribution in [0, 0.1) is 5.82 Å². The third-order valence-corrected chi connectivity index (χ3v) is 7.42. The van der Waals surface area contributed by atoms with Crippen LogP contribution in [0.1, 0.15) is 52.2 Å². The number of fused-ring (bicyclic) bond motifs is 1. The predicted molar refractivity (Wildman–Crippen MR) is 142 cm³/mol. The van der Waals surface area contributed by atoms with E-state index in [9.17, 15) is 14.0 Å². The summed E-state index contributed by atoms with van der Waals surface area (Å²) in [6.45, 7) is 4.54. The highest BCUT2D eigenvalue weighted by molar-refractivity contribution is 6.36. The average Bonchev–Trinajstić information content (AvgIpc) is 3.45. The molecule has 2 aliphatic rings. The van der Waals surface area contributed by atoms with E-state index >= 15 is 0 Å². The van der Waals surface area contributed by atoms with Gasteiger partial charge in [0.1, 0.15) is 5.82 Å². The fourth-order valence-corrected chi connectivity index (χ4v) is 5.42. The number of hydrogen-bond donors (Lipinski definition) is 2. The first-order valence-corrected chi connectivity index (χ1v) is 12.8. The van der Waals surface area contributed by atoms with Gasteiger partial charge in [-0.1, -0.05) is 23.2 Å². The third kappa shape index (κ3) is 5.06. The number of hydrogen-bond acceptors (Lipinski definition) is 6. The van der Waals surface area contributed by atoms with E-state index in [1.54, 1.807) is 30.3 Å². The second-order valence-corrected chi connectivity index (χ2v) is 9.83. The summed E-state index contributed by atoms with van der Waals surface area (Å²) in [5.41, 5.74) is 2.31. The summed E-state index contributed by atoms with van der Waals surface area (Å²) < 4.78 is 14.2. The third-order valence-electron chi connectivity index (χ3n) is 6.71. The lowest BCUT2D eigenvalue weighted by molar-refractivity contribution is 0.0792. The topological polar surface area (TPSA) is 90.5 Å². The highest BCUT2D eigenvalue weighted by Gasteiger charge is 2.29. The van der Waals surface area contributed by atoms with Gasteiger partial charge in [0.05, 0.1) is 16.8 Å². The number of anilines is 3. The summed E-state index contributed by atoms with van der Waals surface area (Å²) in [5.74, 6) is -0.502. The van der Waals surface area contributed by atoms with Crippen LogP contribution in [0.3, 0.4) is 0 Å². The van der Waals surface area contributed by atoms with E-state index in [2.05, 4.69) is 20.8 Å². The first-order chi connectivity index (χ1) is 17.8. The van der Waals surface area contributed by atoms with Crippen molar-refractivity contribution in [2.24, 2.45) is 0 Å². The lowest BCUT2D eigenvalue weighted by atomic mass is 10.0. The zero-order valence-corrected chi connectivity index (χ0v) is 21.6. The van der Waals surface area contributed by atoms with Crippen molar-refractivity contribution in [3.8, 4) is 0 Å². The standard InChI is InChI=1S/C26H25Cl2FN6O2/c1-15(22-18(27)8-9-19(29)23(22)28)35-13-10-30-24-21(35)14-20(32-33-24)25(36)31-17-6-4-16(5-7-17)26(37)34-11-2-3-12-34/h4-9,14-15H,2-3,10-13H2,1H3,(H,30,33)(H,31,36). The largest absolute Gasteiger partial charge is 0.365 e. The number of likely N-dealkylation sites (tertiary alicyclic amines) is 1. The normalized spacial score (nSPS) is 15.7. The first-order valence-electron chi connectivity index (χ1n) is 12.1. The van der Waals surface area contributed by atoms with E-state index < -0.39 is 17.8 Å². The molecule has 0 saturated carbocycles. The van der Waals surface area contributed by atoms with Gasteiger partial charge in [0.2, 0.25) is 0 Å². The van der Waals surface area contributed by atoms with Crippen molar-refractivity contribution < 1.29 is 14.0 Å². The minimum atomic E-state index is -0.552. The number of amides is 2. The number of carbonyl (C=O) groups is 2. The Morgan fingerprint density at radius 1 is 1.05 bits per heavy atom.